The normalized spacial score (nSPS) is 56.4. The van der Waals surface area contributed by atoms with Gasteiger partial charge in [-0.2, -0.15) is 0 Å². The van der Waals surface area contributed by atoms with E-state index < -0.39 is 0 Å². The molecule has 1 nitrogen and oxygen atoms in total. The fourth-order valence-corrected chi connectivity index (χ4v) is 3.13. The van der Waals surface area contributed by atoms with Crippen LogP contribution in [0.2, 0.25) is 0 Å². The van der Waals surface area contributed by atoms with Crippen molar-refractivity contribution in [3.8, 4) is 0 Å². The molecule has 0 heterocycles. The SMILES string of the molecule is CC1(C)[C@H]2CC[C@]1(C)[C@@H]2N. The summed E-state index contributed by atoms with van der Waals surface area (Å²) in [5.74, 6) is 0.817. The highest BCUT2D eigenvalue weighted by molar-refractivity contribution is 5.19. The Bertz CT molecular complexity index is 174. The van der Waals surface area contributed by atoms with Crippen molar-refractivity contribution < 1.29 is 0 Å². The van der Waals surface area contributed by atoms with Crippen LogP contribution in [0.5, 0.6) is 0 Å². The van der Waals surface area contributed by atoms with Crippen LogP contribution >= 0.6 is 0 Å². The molecule has 0 aromatic rings. The van der Waals surface area contributed by atoms with Gasteiger partial charge in [0.25, 0.3) is 0 Å². The topological polar surface area (TPSA) is 26.0 Å². The summed E-state index contributed by atoms with van der Waals surface area (Å²) in [5.41, 5.74) is 7.04. The maximum absolute atomic E-state index is 6.04. The second kappa shape index (κ2) is 1.42. The summed E-state index contributed by atoms with van der Waals surface area (Å²) in [6.45, 7) is 7.09. The molecule has 3 aliphatic rings. The smallest absolute Gasteiger partial charge is 0.0132 e. The molecule has 0 spiro atoms. The molecular weight excluding hydrogens is 122 g/mol. The van der Waals surface area contributed by atoms with Crippen LogP contribution in [0.15, 0.2) is 0 Å². The van der Waals surface area contributed by atoms with E-state index in [2.05, 4.69) is 20.8 Å². The number of rotatable bonds is 0. The van der Waals surface area contributed by atoms with E-state index in [0.717, 1.165) is 5.92 Å². The third kappa shape index (κ3) is 0.402. The summed E-state index contributed by atoms with van der Waals surface area (Å²) < 4.78 is 0. The van der Waals surface area contributed by atoms with Crippen LogP contribution in [-0.4, -0.2) is 6.04 Å². The zero-order chi connectivity index (χ0) is 7.57. The van der Waals surface area contributed by atoms with Crippen LogP contribution in [0.25, 0.3) is 0 Å². The molecule has 0 aromatic carbocycles. The number of hydrogen-bond donors (Lipinski definition) is 1. The Kier molecular flexibility index (Phi) is 0.949. The van der Waals surface area contributed by atoms with Crippen molar-refractivity contribution in [2.45, 2.75) is 39.7 Å². The largest absolute Gasteiger partial charge is 0.327 e. The summed E-state index contributed by atoms with van der Waals surface area (Å²) in [6, 6.07) is 0.502. The van der Waals surface area contributed by atoms with E-state index in [1.54, 1.807) is 0 Å². The first-order chi connectivity index (χ1) is 4.50. The third-order valence-corrected chi connectivity index (χ3v) is 4.54. The molecule has 3 aliphatic carbocycles. The van der Waals surface area contributed by atoms with E-state index in [9.17, 15) is 0 Å². The van der Waals surface area contributed by atoms with Gasteiger partial charge in [-0.1, -0.05) is 20.8 Å². The van der Waals surface area contributed by atoms with Crippen LogP contribution in [0.3, 0.4) is 0 Å². The third-order valence-electron chi connectivity index (χ3n) is 4.54. The van der Waals surface area contributed by atoms with Crippen molar-refractivity contribution in [3.05, 3.63) is 0 Å². The first-order valence-electron chi connectivity index (χ1n) is 4.26. The molecular formula is C9H17N. The van der Waals surface area contributed by atoms with Crippen LogP contribution in [0, 0.1) is 16.7 Å². The van der Waals surface area contributed by atoms with E-state index in [-0.39, 0.29) is 0 Å². The average Bonchev–Trinajstić information content (AvgIpc) is 2.23. The van der Waals surface area contributed by atoms with Crippen molar-refractivity contribution >= 4 is 0 Å². The lowest BCUT2D eigenvalue weighted by molar-refractivity contribution is -0.0668. The average molecular weight is 139 g/mol. The van der Waals surface area contributed by atoms with E-state index >= 15 is 0 Å². The Labute approximate surface area is 63.0 Å². The predicted octanol–water partition coefficient (Wildman–Crippen LogP) is 1.77. The molecule has 3 fully saturated rings. The lowest BCUT2D eigenvalue weighted by Crippen LogP contribution is -2.62. The highest BCUT2D eigenvalue weighted by Gasteiger charge is 2.67. The maximum Gasteiger partial charge on any atom is 0.0132 e. The van der Waals surface area contributed by atoms with Crippen molar-refractivity contribution in [2.75, 3.05) is 0 Å². The monoisotopic (exact) mass is 139 g/mol. The molecule has 0 aromatic heterocycles. The zero-order valence-electron chi connectivity index (χ0n) is 7.15. The van der Waals surface area contributed by atoms with Crippen LogP contribution < -0.4 is 5.73 Å². The van der Waals surface area contributed by atoms with Crippen molar-refractivity contribution in [1.29, 1.82) is 0 Å². The number of nitrogens with two attached hydrogens (primary N) is 1. The second-order valence-electron chi connectivity index (χ2n) is 4.81. The zero-order valence-corrected chi connectivity index (χ0v) is 7.15. The van der Waals surface area contributed by atoms with E-state index in [4.69, 9.17) is 5.73 Å². The van der Waals surface area contributed by atoms with Gasteiger partial charge in [-0.25, -0.2) is 0 Å². The Balaban J connectivity index is 2.35. The fraction of sp³-hybridized carbons (Fsp3) is 1.00. The van der Waals surface area contributed by atoms with Gasteiger partial charge in [0, 0.05) is 6.04 Å². The van der Waals surface area contributed by atoms with Crippen molar-refractivity contribution in [3.63, 3.8) is 0 Å². The van der Waals surface area contributed by atoms with Gasteiger partial charge in [0.1, 0.15) is 0 Å². The minimum atomic E-state index is 0.470. The molecule has 0 amide bonds. The van der Waals surface area contributed by atoms with Crippen LogP contribution in [0.1, 0.15) is 33.6 Å². The standard InChI is InChI=1S/C9H17N/c1-8(2)6-4-5-9(8,3)7(6)10/h6-7H,4-5,10H2,1-3H3/t6-,7+,9+/m0/s1. The summed E-state index contributed by atoms with van der Waals surface area (Å²) in [4.78, 5) is 0. The van der Waals surface area contributed by atoms with E-state index in [0.29, 0.717) is 16.9 Å². The molecule has 0 aliphatic heterocycles. The molecule has 3 rings (SSSR count). The number of fused-ring (bicyclic) bond motifs is 1. The molecule has 2 bridgehead atoms. The molecule has 2 N–H and O–H groups in total. The predicted molar refractivity (Wildman–Crippen MR) is 42.6 cm³/mol. The van der Waals surface area contributed by atoms with E-state index in [1.165, 1.54) is 12.8 Å². The minimum absolute atomic E-state index is 0.470. The Morgan fingerprint density at radius 3 is 2.00 bits per heavy atom. The molecule has 1 heteroatoms. The number of hydrogen-bond acceptors (Lipinski definition) is 1. The first-order valence-corrected chi connectivity index (χ1v) is 4.26. The quantitative estimate of drug-likeness (QED) is 0.544. The molecule has 0 radical (unpaired) electrons. The van der Waals surface area contributed by atoms with Crippen molar-refractivity contribution in [2.24, 2.45) is 22.5 Å². The van der Waals surface area contributed by atoms with Gasteiger partial charge in [0.2, 0.25) is 0 Å². The van der Waals surface area contributed by atoms with E-state index in [1.807, 2.05) is 0 Å². The van der Waals surface area contributed by atoms with Gasteiger partial charge in [-0.3, -0.25) is 0 Å². The Morgan fingerprint density at radius 1 is 1.30 bits per heavy atom. The van der Waals surface area contributed by atoms with Gasteiger partial charge < -0.3 is 5.73 Å². The fourth-order valence-electron chi connectivity index (χ4n) is 3.13. The van der Waals surface area contributed by atoms with Gasteiger partial charge in [0.15, 0.2) is 0 Å². The molecule has 3 atom stereocenters. The Hall–Kier alpha value is -0.0400. The summed E-state index contributed by atoms with van der Waals surface area (Å²) in [7, 11) is 0. The Morgan fingerprint density at radius 2 is 1.90 bits per heavy atom. The highest BCUT2D eigenvalue weighted by atomic mass is 14.9. The first kappa shape index (κ1) is 6.66. The molecule has 0 saturated heterocycles. The second-order valence-corrected chi connectivity index (χ2v) is 4.81. The van der Waals surface area contributed by atoms with Crippen LogP contribution in [0.4, 0.5) is 0 Å². The van der Waals surface area contributed by atoms with Gasteiger partial charge in [0.05, 0.1) is 0 Å². The van der Waals surface area contributed by atoms with Crippen LogP contribution in [-0.2, 0) is 0 Å². The lowest BCUT2D eigenvalue weighted by atomic mass is 9.49. The lowest BCUT2D eigenvalue weighted by Gasteiger charge is -2.58. The molecule has 0 unspecified atom stereocenters. The van der Waals surface area contributed by atoms with Gasteiger partial charge in [-0.15, -0.1) is 0 Å². The van der Waals surface area contributed by atoms with Gasteiger partial charge >= 0.3 is 0 Å². The summed E-state index contributed by atoms with van der Waals surface area (Å²) in [5, 5.41) is 0. The van der Waals surface area contributed by atoms with Gasteiger partial charge in [-0.05, 0) is 29.6 Å². The highest BCUT2D eigenvalue weighted by Crippen LogP contribution is 2.69. The summed E-state index contributed by atoms with van der Waals surface area (Å²) in [6.07, 6.45) is 2.72. The molecule has 58 valence electrons. The summed E-state index contributed by atoms with van der Waals surface area (Å²) >= 11 is 0. The van der Waals surface area contributed by atoms with Crippen molar-refractivity contribution in [1.82, 2.24) is 0 Å². The molecule has 10 heavy (non-hydrogen) atoms. The minimum Gasteiger partial charge on any atom is -0.327 e. The maximum atomic E-state index is 6.04. The molecule has 3 saturated carbocycles.